The van der Waals surface area contributed by atoms with Gasteiger partial charge >= 0.3 is 0 Å². The first-order chi connectivity index (χ1) is 9.47. The highest BCUT2D eigenvalue weighted by Gasteiger charge is 2.33. The van der Waals surface area contributed by atoms with Crippen molar-refractivity contribution in [3.05, 3.63) is 6.33 Å². The number of ether oxygens (including phenoxy) is 1. The van der Waals surface area contributed by atoms with Gasteiger partial charge in [-0.05, 0) is 24.7 Å². The van der Waals surface area contributed by atoms with Crippen molar-refractivity contribution in [2.45, 2.75) is 34.1 Å². The zero-order chi connectivity index (χ0) is 14.8. The summed E-state index contributed by atoms with van der Waals surface area (Å²) in [5.41, 5.74) is 0.333. The summed E-state index contributed by atoms with van der Waals surface area (Å²) in [5.74, 6) is 3.12. The minimum absolute atomic E-state index is 0.333. The number of rotatable bonds is 4. The van der Waals surface area contributed by atoms with E-state index in [2.05, 4.69) is 41.0 Å². The Kier molecular flexibility index (Phi) is 4.35. The van der Waals surface area contributed by atoms with Gasteiger partial charge in [0, 0.05) is 19.6 Å². The standard InChI is InChI=1S/C15H26N4O/c1-6-16-13-12(20-5)14(18-10-17-13)19-8-7-11(9-19)15(2,3)4/h10-11H,6-9H2,1-5H3,(H,16,17,18). The number of hydrogen-bond donors (Lipinski definition) is 1. The fourth-order valence-electron chi connectivity index (χ4n) is 2.73. The maximum absolute atomic E-state index is 5.53. The summed E-state index contributed by atoms with van der Waals surface area (Å²) >= 11 is 0. The van der Waals surface area contributed by atoms with E-state index in [-0.39, 0.29) is 0 Å². The molecule has 0 bridgehead atoms. The van der Waals surface area contributed by atoms with E-state index in [0.29, 0.717) is 11.3 Å². The molecule has 1 aromatic heterocycles. The molecule has 0 radical (unpaired) electrons. The largest absolute Gasteiger partial charge is 0.490 e. The third-order valence-electron chi connectivity index (χ3n) is 4.05. The van der Waals surface area contributed by atoms with Crippen LogP contribution in [-0.4, -0.2) is 36.7 Å². The van der Waals surface area contributed by atoms with Crippen molar-refractivity contribution >= 4 is 11.6 Å². The average Bonchev–Trinajstić information content (AvgIpc) is 2.88. The van der Waals surface area contributed by atoms with Crippen LogP contribution in [0.3, 0.4) is 0 Å². The Morgan fingerprint density at radius 2 is 2.15 bits per heavy atom. The fourth-order valence-corrected chi connectivity index (χ4v) is 2.73. The predicted octanol–water partition coefficient (Wildman–Crippen LogP) is 2.79. The molecule has 5 heteroatoms. The normalized spacial score (nSPS) is 19.2. The van der Waals surface area contributed by atoms with Gasteiger partial charge in [0.15, 0.2) is 11.6 Å². The highest BCUT2D eigenvalue weighted by molar-refractivity contribution is 5.65. The molecule has 1 atom stereocenters. The maximum Gasteiger partial charge on any atom is 0.204 e. The number of anilines is 2. The molecule has 2 heterocycles. The lowest BCUT2D eigenvalue weighted by Gasteiger charge is -2.27. The van der Waals surface area contributed by atoms with E-state index in [9.17, 15) is 0 Å². The predicted molar refractivity (Wildman–Crippen MR) is 82.5 cm³/mol. The van der Waals surface area contributed by atoms with E-state index in [1.807, 2.05) is 6.92 Å². The lowest BCUT2D eigenvalue weighted by Crippen LogP contribution is -2.27. The Hall–Kier alpha value is -1.52. The van der Waals surface area contributed by atoms with Crippen molar-refractivity contribution in [2.24, 2.45) is 11.3 Å². The van der Waals surface area contributed by atoms with Crippen LogP contribution in [0.15, 0.2) is 6.33 Å². The summed E-state index contributed by atoms with van der Waals surface area (Å²) in [6.07, 6.45) is 2.81. The van der Waals surface area contributed by atoms with Crippen LogP contribution in [-0.2, 0) is 0 Å². The Balaban J connectivity index is 2.23. The number of nitrogens with zero attached hydrogens (tertiary/aromatic N) is 3. The number of aromatic nitrogens is 2. The molecule has 112 valence electrons. The topological polar surface area (TPSA) is 50.3 Å². The SMILES string of the molecule is CCNc1ncnc(N2CCC(C(C)(C)C)C2)c1OC. The Labute approximate surface area is 121 Å². The van der Waals surface area contributed by atoms with Gasteiger partial charge in [-0.1, -0.05) is 20.8 Å². The molecule has 1 saturated heterocycles. The van der Waals surface area contributed by atoms with Gasteiger partial charge in [0.05, 0.1) is 7.11 Å². The first-order valence-corrected chi connectivity index (χ1v) is 7.35. The van der Waals surface area contributed by atoms with Gasteiger partial charge in [0.2, 0.25) is 5.75 Å². The van der Waals surface area contributed by atoms with Crippen molar-refractivity contribution in [2.75, 3.05) is 37.0 Å². The Bertz CT molecular complexity index is 456. The van der Waals surface area contributed by atoms with E-state index in [4.69, 9.17) is 4.74 Å². The van der Waals surface area contributed by atoms with Gasteiger partial charge in [0.1, 0.15) is 6.33 Å². The molecule has 2 rings (SSSR count). The number of hydrogen-bond acceptors (Lipinski definition) is 5. The molecule has 1 aromatic rings. The molecule has 1 unspecified atom stereocenters. The van der Waals surface area contributed by atoms with Crippen LogP contribution in [0.25, 0.3) is 0 Å². The van der Waals surface area contributed by atoms with Crippen LogP contribution in [0.5, 0.6) is 5.75 Å². The van der Waals surface area contributed by atoms with Crippen LogP contribution in [0, 0.1) is 11.3 Å². The van der Waals surface area contributed by atoms with Gasteiger partial charge < -0.3 is 15.0 Å². The molecule has 0 saturated carbocycles. The molecule has 5 nitrogen and oxygen atoms in total. The first kappa shape index (κ1) is 14.9. The van der Waals surface area contributed by atoms with Crippen LogP contribution in [0.1, 0.15) is 34.1 Å². The summed E-state index contributed by atoms with van der Waals surface area (Å²) in [4.78, 5) is 11.0. The van der Waals surface area contributed by atoms with E-state index in [0.717, 1.165) is 37.0 Å². The van der Waals surface area contributed by atoms with E-state index in [1.165, 1.54) is 6.42 Å². The third-order valence-corrected chi connectivity index (χ3v) is 4.05. The number of methoxy groups -OCH3 is 1. The summed E-state index contributed by atoms with van der Waals surface area (Å²) < 4.78 is 5.53. The van der Waals surface area contributed by atoms with Gasteiger partial charge in [0.25, 0.3) is 0 Å². The first-order valence-electron chi connectivity index (χ1n) is 7.35. The molecule has 1 aliphatic heterocycles. The molecule has 1 fully saturated rings. The second-order valence-corrected chi connectivity index (χ2v) is 6.41. The molecule has 0 aliphatic carbocycles. The zero-order valence-electron chi connectivity index (χ0n) is 13.2. The monoisotopic (exact) mass is 278 g/mol. The second-order valence-electron chi connectivity index (χ2n) is 6.41. The minimum Gasteiger partial charge on any atom is -0.490 e. The van der Waals surface area contributed by atoms with Crippen molar-refractivity contribution in [1.29, 1.82) is 0 Å². The van der Waals surface area contributed by atoms with Crippen LogP contribution in [0.4, 0.5) is 11.6 Å². The Morgan fingerprint density at radius 3 is 2.70 bits per heavy atom. The van der Waals surface area contributed by atoms with Crippen molar-refractivity contribution in [3.8, 4) is 5.75 Å². The third kappa shape index (κ3) is 2.97. The quantitative estimate of drug-likeness (QED) is 0.917. The zero-order valence-corrected chi connectivity index (χ0v) is 13.2. The summed E-state index contributed by atoms with van der Waals surface area (Å²) in [5, 5.41) is 3.23. The molecule has 0 spiro atoms. The Morgan fingerprint density at radius 1 is 1.40 bits per heavy atom. The highest BCUT2D eigenvalue weighted by Crippen LogP contribution is 2.39. The molecule has 1 N–H and O–H groups in total. The molecule has 0 amide bonds. The van der Waals surface area contributed by atoms with Crippen LogP contribution < -0.4 is 15.0 Å². The summed E-state index contributed by atoms with van der Waals surface area (Å²) in [6, 6.07) is 0. The summed E-state index contributed by atoms with van der Waals surface area (Å²) in [6.45, 7) is 11.8. The van der Waals surface area contributed by atoms with Crippen LogP contribution in [0.2, 0.25) is 0 Å². The van der Waals surface area contributed by atoms with E-state index < -0.39 is 0 Å². The summed E-state index contributed by atoms with van der Waals surface area (Å²) in [7, 11) is 1.68. The second kappa shape index (κ2) is 5.85. The smallest absolute Gasteiger partial charge is 0.204 e. The molecular weight excluding hydrogens is 252 g/mol. The molecule has 0 aromatic carbocycles. The van der Waals surface area contributed by atoms with E-state index >= 15 is 0 Å². The molecular formula is C15H26N4O. The molecule has 20 heavy (non-hydrogen) atoms. The van der Waals surface area contributed by atoms with Gasteiger partial charge in [-0.3, -0.25) is 0 Å². The average molecular weight is 278 g/mol. The number of nitrogens with one attached hydrogen (secondary N) is 1. The lowest BCUT2D eigenvalue weighted by molar-refractivity contribution is 0.263. The van der Waals surface area contributed by atoms with Crippen molar-refractivity contribution < 1.29 is 4.74 Å². The lowest BCUT2D eigenvalue weighted by atomic mass is 9.80. The molecule has 1 aliphatic rings. The van der Waals surface area contributed by atoms with Gasteiger partial charge in [-0.15, -0.1) is 0 Å². The van der Waals surface area contributed by atoms with Gasteiger partial charge in [-0.2, -0.15) is 0 Å². The maximum atomic E-state index is 5.53. The van der Waals surface area contributed by atoms with Crippen LogP contribution >= 0.6 is 0 Å². The van der Waals surface area contributed by atoms with Gasteiger partial charge in [-0.25, -0.2) is 9.97 Å². The minimum atomic E-state index is 0.333. The highest BCUT2D eigenvalue weighted by atomic mass is 16.5. The fraction of sp³-hybridized carbons (Fsp3) is 0.733. The van der Waals surface area contributed by atoms with Crippen molar-refractivity contribution in [3.63, 3.8) is 0 Å². The van der Waals surface area contributed by atoms with Crippen molar-refractivity contribution in [1.82, 2.24) is 9.97 Å². The van der Waals surface area contributed by atoms with E-state index in [1.54, 1.807) is 13.4 Å².